The minimum atomic E-state index is -0.465. The molecule has 1 amide bonds. The normalized spacial score (nSPS) is 11.8. The van der Waals surface area contributed by atoms with Crippen molar-refractivity contribution in [1.29, 1.82) is 0 Å². The van der Waals surface area contributed by atoms with Crippen LogP contribution < -0.4 is 10.1 Å². The molecule has 0 fully saturated rings. The summed E-state index contributed by atoms with van der Waals surface area (Å²) in [6.07, 6.45) is 1.55. The second kappa shape index (κ2) is 8.88. The van der Waals surface area contributed by atoms with Crippen molar-refractivity contribution in [3.8, 4) is 5.75 Å². The highest BCUT2D eigenvalue weighted by Crippen LogP contribution is 2.25. The number of rotatable bonds is 7. The highest BCUT2D eigenvalue weighted by molar-refractivity contribution is 8.00. The Morgan fingerprint density at radius 1 is 1.33 bits per heavy atom. The van der Waals surface area contributed by atoms with E-state index < -0.39 is 5.25 Å². The monoisotopic (exact) mass is 404 g/mol. The first-order chi connectivity index (χ1) is 13.0. The number of hydrogen-bond acceptors (Lipinski definition) is 7. The number of pyridine rings is 1. The zero-order valence-corrected chi connectivity index (χ0v) is 16.3. The second-order valence-electron chi connectivity index (χ2n) is 5.66. The molecule has 0 saturated heterocycles. The summed E-state index contributed by atoms with van der Waals surface area (Å²) < 4.78 is 11.2. The van der Waals surface area contributed by atoms with Crippen molar-refractivity contribution >= 4 is 35.0 Å². The van der Waals surface area contributed by atoms with Gasteiger partial charge in [0.05, 0.1) is 10.9 Å². The highest BCUT2D eigenvalue weighted by atomic mass is 35.5. The summed E-state index contributed by atoms with van der Waals surface area (Å²) in [6.45, 7) is 3.87. The SMILES string of the molecule is Cc1cccc(OCc2nnc(S[C@H](C)C(=O)Nc3cccnc3Cl)o2)c1. The van der Waals surface area contributed by atoms with E-state index >= 15 is 0 Å². The molecule has 0 aliphatic rings. The highest BCUT2D eigenvalue weighted by Gasteiger charge is 2.19. The van der Waals surface area contributed by atoms with Gasteiger partial charge in [-0.2, -0.15) is 0 Å². The summed E-state index contributed by atoms with van der Waals surface area (Å²) in [5.41, 5.74) is 1.55. The van der Waals surface area contributed by atoms with Gasteiger partial charge in [-0.1, -0.05) is 35.5 Å². The summed E-state index contributed by atoms with van der Waals surface area (Å²) in [5.74, 6) is 0.816. The summed E-state index contributed by atoms with van der Waals surface area (Å²) in [4.78, 5) is 16.2. The number of ether oxygens (including phenoxy) is 1. The van der Waals surface area contributed by atoms with Gasteiger partial charge >= 0.3 is 0 Å². The molecule has 0 bridgehead atoms. The first-order valence-corrected chi connectivity index (χ1v) is 9.37. The lowest BCUT2D eigenvalue weighted by Crippen LogP contribution is -2.22. The standard InChI is InChI=1S/C18H17ClN4O3S/c1-11-5-3-6-13(9-11)25-10-15-22-23-18(26-15)27-12(2)17(24)21-14-7-4-8-20-16(14)19/h3-9,12H,10H2,1-2H3,(H,21,24)/t12-/m1/s1. The van der Waals surface area contributed by atoms with E-state index in [9.17, 15) is 4.79 Å². The Bertz CT molecular complexity index is 934. The molecule has 0 aliphatic carbocycles. The number of aromatic nitrogens is 3. The molecule has 9 heteroatoms. The van der Waals surface area contributed by atoms with Gasteiger partial charge in [-0.25, -0.2) is 4.98 Å². The van der Waals surface area contributed by atoms with Crippen molar-refractivity contribution in [3.63, 3.8) is 0 Å². The maximum atomic E-state index is 12.3. The zero-order valence-electron chi connectivity index (χ0n) is 14.7. The molecule has 140 valence electrons. The van der Waals surface area contributed by atoms with Crippen LogP contribution >= 0.6 is 23.4 Å². The number of nitrogens with zero attached hydrogens (tertiary/aromatic N) is 3. The molecule has 0 aliphatic heterocycles. The third kappa shape index (κ3) is 5.45. The van der Waals surface area contributed by atoms with Crippen molar-refractivity contribution in [3.05, 3.63) is 59.2 Å². The number of thioether (sulfide) groups is 1. The Labute approximate surface area is 165 Å². The van der Waals surface area contributed by atoms with Crippen molar-refractivity contribution in [1.82, 2.24) is 15.2 Å². The summed E-state index contributed by atoms with van der Waals surface area (Å²) >= 11 is 7.09. The summed E-state index contributed by atoms with van der Waals surface area (Å²) in [6, 6.07) is 11.0. The van der Waals surface area contributed by atoms with Gasteiger partial charge < -0.3 is 14.5 Å². The van der Waals surface area contributed by atoms with E-state index in [4.69, 9.17) is 20.8 Å². The van der Waals surface area contributed by atoms with Crippen LogP contribution in [0.5, 0.6) is 5.75 Å². The van der Waals surface area contributed by atoms with Crippen LogP contribution in [0.4, 0.5) is 5.69 Å². The molecule has 2 heterocycles. The Balaban J connectivity index is 1.53. The van der Waals surface area contributed by atoms with Gasteiger partial charge in [0.2, 0.25) is 5.91 Å². The van der Waals surface area contributed by atoms with E-state index in [1.165, 1.54) is 0 Å². The molecule has 2 aromatic heterocycles. The lowest BCUT2D eigenvalue weighted by atomic mass is 10.2. The number of nitrogens with one attached hydrogen (secondary N) is 1. The van der Waals surface area contributed by atoms with Crippen LogP contribution in [-0.2, 0) is 11.4 Å². The number of hydrogen-bond donors (Lipinski definition) is 1. The van der Waals surface area contributed by atoms with Crippen molar-refractivity contribution in [2.45, 2.75) is 30.9 Å². The van der Waals surface area contributed by atoms with Crippen LogP contribution in [0.1, 0.15) is 18.4 Å². The van der Waals surface area contributed by atoms with Crippen molar-refractivity contribution in [2.75, 3.05) is 5.32 Å². The van der Waals surface area contributed by atoms with Gasteiger partial charge in [-0.3, -0.25) is 4.79 Å². The van der Waals surface area contributed by atoms with E-state index in [0.717, 1.165) is 23.1 Å². The van der Waals surface area contributed by atoms with Gasteiger partial charge in [-0.15, -0.1) is 10.2 Å². The lowest BCUT2D eigenvalue weighted by molar-refractivity contribution is -0.115. The summed E-state index contributed by atoms with van der Waals surface area (Å²) in [5, 5.41) is 10.7. The average Bonchev–Trinajstić information content (AvgIpc) is 3.09. The van der Waals surface area contributed by atoms with Crippen LogP contribution in [0.15, 0.2) is 52.2 Å². The van der Waals surface area contributed by atoms with E-state index in [-0.39, 0.29) is 22.9 Å². The van der Waals surface area contributed by atoms with Crippen molar-refractivity contribution in [2.24, 2.45) is 0 Å². The number of benzene rings is 1. The van der Waals surface area contributed by atoms with Crippen LogP contribution in [-0.4, -0.2) is 26.3 Å². The largest absolute Gasteiger partial charge is 0.484 e. The first kappa shape index (κ1) is 19.2. The molecule has 7 nitrogen and oxygen atoms in total. The minimum Gasteiger partial charge on any atom is -0.484 e. The Hall–Kier alpha value is -2.58. The molecule has 0 unspecified atom stereocenters. The fourth-order valence-corrected chi connectivity index (χ4v) is 2.98. The van der Waals surface area contributed by atoms with E-state index in [1.807, 2.05) is 31.2 Å². The quantitative estimate of drug-likeness (QED) is 0.467. The molecular weight excluding hydrogens is 388 g/mol. The Morgan fingerprint density at radius 3 is 2.96 bits per heavy atom. The van der Waals surface area contributed by atoms with Gasteiger partial charge in [0.1, 0.15) is 5.75 Å². The first-order valence-electron chi connectivity index (χ1n) is 8.11. The number of aryl methyl sites for hydroxylation is 1. The van der Waals surface area contributed by atoms with E-state index in [2.05, 4.69) is 20.5 Å². The maximum Gasteiger partial charge on any atom is 0.277 e. The maximum absolute atomic E-state index is 12.3. The predicted octanol–water partition coefficient (Wildman–Crippen LogP) is 4.12. The molecule has 1 N–H and O–H groups in total. The Morgan fingerprint density at radius 2 is 2.19 bits per heavy atom. The molecule has 1 atom stereocenters. The topological polar surface area (TPSA) is 90.1 Å². The lowest BCUT2D eigenvalue weighted by Gasteiger charge is -2.10. The third-order valence-electron chi connectivity index (χ3n) is 3.46. The second-order valence-corrected chi connectivity index (χ2v) is 7.31. The zero-order chi connectivity index (χ0) is 19.2. The molecule has 3 aromatic rings. The third-order valence-corrected chi connectivity index (χ3v) is 4.70. The van der Waals surface area contributed by atoms with Gasteiger partial charge in [0.25, 0.3) is 11.1 Å². The number of halogens is 1. The molecule has 27 heavy (non-hydrogen) atoms. The fraction of sp³-hybridized carbons (Fsp3) is 0.222. The van der Waals surface area contributed by atoms with Gasteiger partial charge in [0, 0.05) is 6.20 Å². The van der Waals surface area contributed by atoms with Gasteiger partial charge in [-0.05, 0) is 43.7 Å². The number of carbonyl (C=O) groups is 1. The molecule has 0 radical (unpaired) electrons. The Kier molecular flexibility index (Phi) is 6.31. The molecule has 0 spiro atoms. The van der Waals surface area contributed by atoms with Gasteiger partial charge in [0.15, 0.2) is 11.8 Å². The van der Waals surface area contributed by atoms with Crippen LogP contribution in [0, 0.1) is 6.92 Å². The molecule has 3 rings (SSSR count). The average molecular weight is 405 g/mol. The summed E-state index contributed by atoms with van der Waals surface area (Å²) in [7, 11) is 0. The number of carbonyl (C=O) groups excluding carboxylic acids is 1. The fourth-order valence-electron chi connectivity index (χ4n) is 2.11. The van der Waals surface area contributed by atoms with Crippen LogP contribution in [0.3, 0.4) is 0 Å². The predicted molar refractivity (Wildman–Crippen MR) is 103 cm³/mol. The molecule has 0 saturated carbocycles. The van der Waals surface area contributed by atoms with Crippen molar-refractivity contribution < 1.29 is 13.9 Å². The van der Waals surface area contributed by atoms with E-state index in [0.29, 0.717) is 11.6 Å². The van der Waals surface area contributed by atoms with Crippen LogP contribution in [0.2, 0.25) is 5.15 Å². The van der Waals surface area contributed by atoms with E-state index in [1.54, 1.807) is 25.3 Å². The number of anilines is 1. The number of amides is 1. The molecular formula is C18H17ClN4O3S. The molecule has 1 aromatic carbocycles. The minimum absolute atomic E-state index is 0.156. The smallest absolute Gasteiger partial charge is 0.277 e. The van der Waals surface area contributed by atoms with Crippen LogP contribution in [0.25, 0.3) is 0 Å².